The van der Waals surface area contributed by atoms with E-state index < -0.39 is 10.0 Å². The first kappa shape index (κ1) is 22.0. The van der Waals surface area contributed by atoms with Gasteiger partial charge in [0.25, 0.3) is 0 Å². The Bertz CT molecular complexity index is 879. The Hall–Kier alpha value is -1.68. The zero-order chi connectivity index (χ0) is 20.7. The molecule has 1 atom stereocenters. The van der Waals surface area contributed by atoms with Crippen LogP contribution in [0.1, 0.15) is 37.5 Å². The molecule has 0 bridgehead atoms. The second-order valence-corrected chi connectivity index (χ2v) is 9.72. The highest BCUT2D eigenvalue weighted by molar-refractivity contribution is 9.10. The SMILES string of the molecule is O=C(CCNS(=O)(=O)c1ccc(Br)cc1)NC[C@@H](c1ccco1)N1CCCCC1. The smallest absolute Gasteiger partial charge is 0.240 e. The van der Waals surface area contributed by atoms with Crippen LogP contribution in [0, 0.1) is 0 Å². The molecule has 2 aromatic rings. The summed E-state index contributed by atoms with van der Waals surface area (Å²) < 4.78 is 33.4. The van der Waals surface area contributed by atoms with Gasteiger partial charge in [0, 0.05) is 24.0 Å². The van der Waals surface area contributed by atoms with Crippen molar-refractivity contribution in [2.24, 2.45) is 0 Å². The van der Waals surface area contributed by atoms with Crippen LogP contribution in [0.25, 0.3) is 0 Å². The van der Waals surface area contributed by atoms with Gasteiger partial charge in [-0.05, 0) is 62.3 Å². The molecule has 7 nitrogen and oxygen atoms in total. The number of rotatable bonds is 9. The van der Waals surface area contributed by atoms with Gasteiger partial charge in [0.15, 0.2) is 0 Å². The number of furan rings is 1. The third kappa shape index (κ3) is 6.40. The zero-order valence-electron chi connectivity index (χ0n) is 16.1. The lowest BCUT2D eigenvalue weighted by atomic mass is 10.1. The van der Waals surface area contributed by atoms with Gasteiger partial charge in [-0.1, -0.05) is 22.4 Å². The molecule has 1 saturated heterocycles. The number of likely N-dealkylation sites (tertiary alicyclic amines) is 1. The normalized spacial score (nSPS) is 16.4. The Morgan fingerprint density at radius 1 is 1.14 bits per heavy atom. The molecule has 1 aliphatic heterocycles. The van der Waals surface area contributed by atoms with E-state index >= 15 is 0 Å². The summed E-state index contributed by atoms with van der Waals surface area (Å²) in [7, 11) is -3.63. The number of carbonyl (C=O) groups is 1. The number of sulfonamides is 1. The Balaban J connectivity index is 1.48. The Morgan fingerprint density at radius 3 is 2.52 bits per heavy atom. The Morgan fingerprint density at radius 2 is 1.86 bits per heavy atom. The van der Waals surface area contributed by atoms with Gasteiger partial charge in [-0.3, -0.25) is 9.69 Å². The van der Waals surface area contributed by atoms with Crippen molar-refractivity contribution in [2.45, 2.75) is 36.6 Å². The van der Waals surface area contributed by atoms with Gasteiger partial charge < -0.3 is 9.73 Å². The Kier molecular flexibility index (Phi) is 7.88. The maximum absolute atomic E-state index is 12.3. The van der Waals surface area contributed by atoms with Crippen LogP contribution in [0.15, 0.2) is 56.4 Å². The molecule has 1 aromatic carbocycles. The number of hydrogen-bond acceptors (Lipinski definition) is 5. The minimum absolute atomic E-state index is 0.00583. The number of carbonyl (C=O) groups excluding carboxylic acids is 1. The van der Waals surface area contributed by atoms with E-state index in [-0.39, 0.29) is 29.8 Å². The number of benzene rings is 1. The molecule has 0 saturated carbocycles. The molecule has 1 aliphatic rings. The number of amides is 1. The van der Waals surface area contributed by atoms with Gasteiger partial charge in [-0.25, -0.2) is 13.1 Å². The molecule has 3 rings (SSSR count). The van der Waals surface area contributed by atoms with Gasteiger partial charge >= 0.3 is 0 Å². The highest BCUT2D eigenvalue weighted by Gasteiger charge is 2.25. The maximum Gasteiger partial charge on any atom is 0.240 e. The highest BCUT2D eigenvalue weighted by Crippen LogP contribution is 2.24. The Labute approximate surface area is 180 Å². The van der Waals surface area contributed by atoms with Crippen molar-refractivity contribution in [3.63, 3.8) is 0 Å². The van der Waals surface area contributed by atoms with E-state index in [2.05, 4.69) is 30.9 Å². The van der Waals surface area contributed by atoms with Crippen molar-refractivity contribution in [1.29, 1.82) is 0 Å². The molecule has 29 heavy (non-hydrogen) atoms. The molecule has 158 valence electrons. The molecule has 0 unspecified atom stereocenters. The summed E-state index contributed by atoms with van der Waals surface area (Å²) in [6.45, 7) is 2.44. The molecule has 0 aliphatic carbocycles. The van der Waals surface area contributed by atoms with E-state index in [4.69, 9.17) is 4.42 Å². The van der Waals surface area contributed by atoms with E-state index in [9.17, 15) is 13.2 Å². The lowest BCUT2D eigenvalue weighted by Gasteiger charge is -2.33. The molecule has 0 spiro atoms. The van der Waals surface area contributed by atoms with Crippen LogP contribution in [-0.2, 0) is 14.8 Å². The first-order valence-electron chi connectivity index (χ1n) is 9.75. The first-order chi connectivity index (χ1) is 14.0. The van der Waals surface area contributed by atoms with E-state index in [1.54, 1.807) is 18.4 Å². The predicted octanol–water partition coefficient (Wildman–Crippen LogP) is 3.05. The van der Waals surface area contributed by atoms with Gasteiger partial charge in [-0.2, -0.15) is 0 Å². The van der Waals surface area contributed by atoms with Crippen molar-refractivity contribution in [3.05, 3.63) is 52.9 Å². The average molecular weight is 484 g/mol. The molecule has 0 radical (unpaired) electrons. The lowest BCUT2D eigenvalue weighted by molar-refractivity contribution is -0.121. The van der Waals surface area contributed by atoms with Crippen molar-refractivity contribution in [1.82, 2.24) is 14.9 Å². The summed E-state index contributed by atoms with van der Waals surface area (Å²) in [5.41, 5.74) is 0. The summed E-state index contributed by atoms with van der Waals surface area (Å²) in [6.07, 6.45) is 5.23. The van der Waals surface area contributed by atoms with Crippen molar-refractivity contribution in [3.8, 4) is 0 Å². The minimum Gasteiger partial charge on any atom is -0.468 e. The van der Waals surface area contributed by atoms with E-state index in [1.165, 1.54) is 18.6 Å². The topological polar surface area (TPSA) is 91.6 Å². The summed E-state index contributed by atoms with van der Waals surface area (Å²) in [6, 6.07) is 10.1. The number of halogens is 1. The second kappa shape index (κ2) is 10.4. The number of nitrogens with one attached hydrogen (secondary N) is 2. The van der Waals surface area contributed by atoms with Crippen molar-refractivity contribution in [2.75, 3.05) is 26.2 Å². The summed E-state index contributed by atoms with van der Waals surface area (Å²) in [4.78, 5) is 14.8. The fourth-order valence-corrected chi connectivity index (χ4v) is 4.71. The first-order valence-corrected chi connectivity index (χ1v) is 12.0. The minimum atomic E-state index is -3.63. The van der Waals surface area contributed by atoms with Crippen molar-refractivity contribution < 1.29 is 17.6 Å². The van der Waals surface area contributed by atoms with Crippen LogP contribution >= 0.6 is 15.9 Å². The molecule has 1 fully saturated rings. The maximum atomic E-state index is 12.3. The van der Waals surface area contributed by atoms with Gasteiger partial charge in [0.1, 0.15) is 5.76 Å². The molecule has 9 heteroatoms. The van der Waals surface area contributed by atoms with Crippen molar-refractivity contribution >= 4 is 31.9 Å². The molecule has 2 N–H and O–H groups in total. The molecule has 1 aromatic heterocycles. The quantitative estimate of drug-likeness (QED) is 0.571. The second-order valence-electron chi connectivity index (χ2n) is 7.03. The number of nitrogens with zero attached hydrogens (tertiary/aromatic N) is 1. The molecule has 1 amide bonds. The van der Waals surface area contributed by atoms with Crippen LogP contribution < -0.4 is 10.0 Å². The van der Waals surface area contributed by atoms with Crippen LogP contribution in [0.3, 0.4) is 0 Å². The van der Waals surface area contributed by atoms with E-state index in [0.717, 1.165) is 36.2 Å². The third-order valence-corrected chi connectivity index (χ3v) is 6.97. The van der Waals surface area contributed by atoms with Gasteiger partial charge in [0.2, 0.25) is 15.9 Å². The van der Waals surface area contributed by atoms with Gasteiger partial charge in [-0.15, -0.1) is 0 Å². The largest absolute Gasteiger partial charge is 0.468 e. The third-order valence-electron chi connectivity index (χ3n) is 4.96. The van der Waals surface area contributed by atoms with Crippen LogP contribution in [0.5, 0.6) is 0 Å². The lowest BCUT2D eigenvalue weighted by Crippen LogP contribution is -2.41. The standard InChI is InChI=1S/C20H26BrN3O4S/c21-16-6-8-17(9-7-16)29(26,27)23-11-10-20(25)22-15-18(19-5-4-14-28-19)24-12-2-1-3-13-24/h4-9,14,18,23H,1-3,10-13,15H2,(H,22,25)/t18-/m0/s1. The summed E-state index contributed by atoms with van der Waals surface area (Å²) in [5.74, 6) is 0.639. The summed E-state index contributed by atoms with van der Waals surface area (Å²) in [5, 5.41) is 2.92. The monoisotopic (exact) mass is 483 g/mol. The van der Waals surface area contributed by atoms with E-state index in [0.29, 0.717) is 6.54 Å². The molecular formula is C20H26BrN3O4S. The molecule has 2 heterocycles. The predicted molar refractivity (Wildman–Crippen MR) is 114 cm³/mol. The fraction of sp³-hybridized carbons (Fsp3) is 0.450. The number of piperidine rings is 1. The van der Waals surface area contributed by atoms with Crippen LogP contribution in [-0.4, -0.2) is 45.4 Å². The zero-order valence-corrected chi connectivity index (χ0v) is 18.5. The van der Waals surface area contributed by atoms with Crippen LogP contribution in [0.4, 0.5) is 0 Å². The summed E-state index contributed by atoms with van der Waals surface area (Å²) >= 11 is 3.28. The highest BCUT2D eigenvalue weighted by atomic mass is 79.9. The molecular weight excluding hydrogens is 458 g/mol. The van der Waals surface area contributed by atoms with E-state index in [1.807, 2.05) is 12.1 Å². The fourth-order valence-electron chi connectivity index (χ4n) is 3.42. The van der Waals surface area contributed by atoms with Gasteiger partial charge in [0.05, 0.1) is 17.2 Å². The average Bonchev–Trinajstić information content (AvgIpc) is 3.24. The number of hydrogen-bond donors (Lipinski definition) is 2. The van der Waals surface area contributed by atoms with Crippen LogP contribution in [0.2, 0.25) is 0 Å².